The van der Waals surface area contributed by atoms with Crippen LogP contribution < -0.4 is 5.32 Å². The van der Waals surface area contributed by atoms with E-state index in [1.807, 2.05) is 0 Å². The first-order valence-corrected chi connectivity index (χ1v) is 7.33. The Morgan fingerprint density at radius 1 is 0.950 bits per heavy atom. The van der Waals surface area contributed by atoms with Gasteiger partial charge in [-0.1, -0.05) is 72.8 Å². The quantitative estimate of drug-likeness (QED) is 0.573. The zero-order valence-corrected chi connectivity index (χ0v) is 12.1. The Morgan fingerprint density at radius 2 is 1.60 bits per heavy atom. The molecule has 0 aliphatic heterocycles. The molecule has 0 spiro atoms. The molecule has 1 heteroatoms. The number of nitrogens with one attached hydrogen (secondary N) is 1. The zero-order valence-electron chi connectivity index (χ0n) is 12.1. The molecule has 1 nitrogen and oxygen atoms in total. The third-order valence-electron chi connectivity index (χ3n) is 3.42. The predicted octanol–water partition coefficient (Wildman–Crippen LogP) is 4.53. The number of benzene rings is 2. The predicted molar refractivity (Wildman–Crippen MR) is 86.8 cm³/mol. The summed E-state index contributed by atoms with van der Waals surface area (Å²) in [6.07, 6.45) is 6.42. The molecule has 0 aliphatic carbocycles. The van der Waals surface area contributed by atoms with Crippen LogP contribution in [0.15, 0.2) is 72.8 Å². The third kappa shape index (κ3) is 4.67. The van der Waals surface area contributed by atoms with Gasteiger partial charge in [0, 0.05) is 6.04 Å². The van der Waals surface area contributed by atoms with Crippen LogP contribution in [0.1, 0.15) is 30.5 Å². The molecule has 104 valence electrons. The molecule has 0 saturated carbocycles. The minimum Gasteiger partial charge on any atom is -0.309 e. The van der Waals surface area contributed by atoms with Gasteiger partial charge in [-0.05, 0) is 37.4 Å². The lowest BCUT2D eigenvalue weighted by Gasteiger charge is -2.19. The highest BCUT2D eigenvalue weighted by Crippen LogP contribution is 2.18. The Bertz CT molecular complexity index is 502. The van der Waals surface area contributed by atoms with E-state index < -0.39 is 0 Å². The lowest BCUT2D eigenvalue weighted by molar-refractivity contribution is 0.537. The maximum absolute atomic E-state index is 3.67. The van der Waals surface area contributed by atoms with Crippen LogP contribution >= 0.6 is 0 Å². The summed E-state index contributed by atoms with van der Waals surface area (Å²) in [5.74, 6) is 0. The SMILES string of the molecule is C/C=C/CCNC(Cc1ccccc1)c1ccccc1. The highest BCUT2D eigenvalue weighted by Gasteiger charge is 2.10. The second-order valence-corrected chi connectivity index (χ2v) is 4.96. The first-order chi connectivity index (χ1) is 9.90. The van der Waals surface area contributed by atoms with Crippen molar-refractivity contribution in [3.05, 3.63) is 83.9 Å². The molecule has 0 saturated heterocycles. The average molecular weight is 265 g/mol. The van der Waals surface area contributed by atoms with E-state index in [1.165, 1.54) is 11.1 Å². The normalized spacial score (nSPS) is 12.7. The van der Waals surface area contributed by atoms with E-state index >= 15 is 0 Å². The first-order valence-electron chi connectivity index (χ1n) is 7.33. The van der Waals surface area contributed by atoms with Crippen molar-refractivity contribution in [2.24, 2.45) is 0 Å². The van der Waals surface area contributed by atoms with Crippen molar-refractivity contribution in [2.75, 3.05) is 6.54 Å². The highest BCUT2D eigenvalue weighted by molar-refractivity contribution is 5.23. The van der Waals surface area contributed by atoms with Gasteiger partial charge in [0.15, 0.2) is 0 Å². The van der Waals surface area contributed by atoms with Crippen LogP contribution in [0.5, 0.6) is 0 Å². The van der Waals surface area contributed by atoms with Crippen LogP contribution in [0, 0.1) is 0 Å². The van der Waals surface area contributed by atoms with Gasteiger partial charge < -0.3 is 5.32 Å². The Hall–Kier alpha value is -1.86. The van der Waals surface area contributed by atoms with E-state index in [1.54, 1.807) is 0 Å². The second-order valence-electron chi connectivity index (χ2n) is 4.96. The fraction of sp³-hybridized carbons (Fsp3) is 0.263. The molecule has 2 aromatic carbocycles. The van der Waals surface area contributed by atoms with Crippen LogP contribution in [0.2, 0.25) is 0 Å². The third-order valence-corrected chi connectivity index (χ3v) is 3.42. The molecule has 0 aliphatic rings. The van der Waals surface area contributed by atoms with Gasteiger partial charge in [-0.15, -0.1) is 0 Å². The van der Waals surface area contributed by atoms with E-state index in [-0.39, 0.29) is 0 Å². The summed E-state index contributed by atoms with van der Waals surface area (Å²) >= 11 is 0. The Balaban J connectivity index is 2.04. The number of allylic oxidation sites excluding steroid dienone is 1. The van der Waals surface area contributed by atoms with Gasteiger partial charge in [0.2, 0.25) is 0 Å². The summed E-state index contributed by atoms with van der Waals surface area (Å²) in [5, 5.41) is 3.67. The monoisotopic (exact) mass is 265 g/mol. The van der Waals surface area contributed by atoms with Crippen LogP contribution in [-0.2, 0) is 6.42 Å². The maximum Gasteiger partial charge on any atom is 0.0360 e. The van der Waals surface area contributed by atoms with Gasteiger partial charge in [0.05, 0.1) is 0 Å². The van der Waals surface area contributed by atoms with E-state index in [2.05, 4.69) is 85.1 Å². The van der Waals surface area contributed by atoms with Crippen LogP contribution in [0.4, 0.5) is 0 Å². The number of hydrogen-bond donors (Lipinski definition) is 1. The smallest absolute Gasteiger partial charge is 0.0360 e. The highest BCUT2D eigenvalue weighted by atomic mass is 14.9. The van der Waals surface area contributed by atoms with Crippen molar-refractivity contribution < 1.29 is 0 Å². The standard InChI is InChI=1S/C19H23N/c1-2-3-10-15-20-19(18-13-8-5-9-14-18)16-17-11-6-4-7-12-17/h2-9,11-14,19-20H,10,15-16H2,1H3/b3-2+. The summed E-state index contributed by atoms with van der Waals surface area (Å²) in [6.45, 7) is 3.08. The Kier molecular flexibility index (Phi) is 6.07. The molecular formula is C19H23N. The largest absolute Gasteiger partial charge is 0.309 e. The summed E-state index contributed by atoms with van der Waals surface area (Å²) in [6, 6.07) is 21.8. The number of rotatable bonds is 7. The van der Waals surface area contributed by atoms with E-state index in [4.69, 9.17) is 0 Å². The summed E-state index contributed by atoms with van der Waals surface area (Å²) in [5.41, 5.74) is 2.73. The molecule has 20 heavy (non-hydrogen) atoms. The molecule has 2 rings (SSSR count). The number of hydrogen-bond acceptors (Lipinski definition) is 1. The van der Waals surface area contributed by atoms with E-state index in [9.17, 15) is 0 Å². The second kappa shape index (κ2) is 8.34. The molecule has 0 amide bonds. The minimum atomic E-state index is 0.379. The fourth-order valence-corrected chi connectivity index (χ4v) is 2.35. The lowest BCUT2D eigenvalue weighted by Crippen LogP contribution is -2.24. The van der Waals surface area contributed by atoms with Crippen molar-refractivity contribution in [1.29, 1.82) is 0 Å². The van der Waals surface area contributed by atoms with Gasteiger partial charge in [-0.2, -0.15) is 0 Å². The van der Waals surface area contributed by atoms with Crippen LogP contribution in [-0.4, -0.2) is 6.54 Å². The topological polar surface area (TPSA) is 12.0 Å². The minimum absolute atomic E-state index is 0.379. The van der Waals surface area contributed by atoms with Crippen LogP contribution in [0.3, 0.4) is 0 Å². The first kappa shape index (κ1) is 14.5. The zero-order chi connectivity index (χ0) is 14.0. The molecule has 2 aromatic rings. The molecule has 0 bridgehead atoms. The van der Waals surface area contributed by atoms with E-state index in [0.29, 0.717) is 6.04 Å². The lowest BCUT2D eigenvalue weighted by atomic mass is 9.99. The summed E-state index contributed by atoms with van der Waals surface area (Å²) in [4.78, 5) is 0. The van der Waals surface area contributed by atoms with Crippen molar-refractivity contribution in [2.45, 2.75) is 25.8 Å². The molecular weight excluding hydrogens is 242 g/mol. The fourth-order valence-electron chi connectivity index (χ4n) is 2.35. The molecule has 0 heterocycles. The summed E-state index contributed by atoms with van der Waals surface area (Å²) in [7, 11) is 0. The maximum atomic E-state index is 3.67. The van der Waals surface area contributed by atoms with Gasteiger partial charge in [0.25, 0.3) is 0 Å². The van der Waals surface area contributed by atoms with Gasteiger partial charge in [-0.25, -0.2) is 0 Å². The molecule has 0 radical (unpaired) electrons. The Labute approximate surface area is 122 Å². The van der Waals surface area contributed by atoms with Gasteiger partial charge in [-0.3, -0.25) is 0 Å². The van der Waals surface area contributed by atoms with Gasteiger partial charge >= 0.3 is 0 Å². The molecule has 0 aromatic heterocycles. The Morgan fingerprint density at radius 3 is 2.25 bits per heavy atom. The molecule has 1 N–H and O–H groups in total. The van der Waals surface area contributed by atoms with Crippen LogP contribution in [0.25, 0.3) is 0 Å². The van der Waals surface area contributed by atoms with Crippen molar-refractivity contribution in [1.82, 2.24) is 5.32 Å². The van der Waals surface area contributed by atoms with Crippen molar-refractivity contribution >= 4 is 0 Å². The van der Waals surface area contributed by atoms with E-state index in [0.717, 1.165) is 19.4 Å². The average Bonchev–Trinajstić information content (AvgIpc) is 2.52. The molecule has 1 atom stereocenters. The molecule has 1 unspecified atom stereocenters. The summed E-state index contributed by atoms with van der Waals surface area (Å²) < 4.78 is 0. The van der Waals surface area contributed by atoms with Gasteiger partial charge in [0.1, 0.15) is 0 Å². The van der Waals surface area contributed by atoms with Crippen molar-refractivity contribution in [3.63, 3.8) is 0 Å². The molecule has 0 fully saturated rings. The van der Waals surface area contributed by atoms with Crippen molar-refractivity contribution in [3.8, 4) is 0 Å².